The lowest BCUT2D eigenvalue weighted by molar-refractivity contribution is 0.623. The van der Waals surface area contributed by atoms with Gasteiger partial charge in [0.2, 0.25) is 0 Å². The summed E-state index contributed by atoms with van der Waals surface area (Å²) in [7, 11) is 0. The fraction of sp³-hybridized carbons (Fsp3) is 0. The molecule has 0 N–H and O–H groups in total. The van der Waals surface area contributed by atoms with Crippen LogP contribution in [-0.2, 0) is 0 Å². The molecule has 4 rings (SSSR count). The molecule has 0 amide bonds. The van der Waals surface area contributed by atoms with Gasteiger partial charge in [0.1, 0.15) is 35.7 Å². The molecule has 1 aliphatic rings. The zero-order valence-corrected chi connectivity index (χ0v) is 19.5. The van der Waals surface area contributed by atoms with E-state index in [9.17, 15) is 44.7 Å². The van der Waals surface area contributed by atoms with Gasteiger partial charge in [0.15, 0.2) is 0 Å². The van der Waals surface area contributed by atoms with Gasteiger partial charge in [0, 0.05) is 33.4 Å². The summed E-state index contributed by atoms with van der Waals surface area (Å²) in [6.45, 7) is 0. The van der Waals surface area contributed by atoms with Crippen LogP contribution in [0.2, 0.25) is 0 Å². The Morgan fingerprint density at radius 3 is 0.897 bits per heavy atom. The van der Waals surface area contributed by atoms with Gasteiger partial charge in [-0.3, -0.25) is 0 Å². The molecule has 9 heteroatoms. The van der Waals surface area contributed by atoms with E-state index in [0.29, 0.717) is 0 Å². The second-order valence-electron chi connectivity index (χ2n) is 7.91. The SMILES string of the molecule is N#CC(=C1C(=C(C#N)c2c(F)cccc2C#N)C1=C(C#N)c1c(F)cccc1C#N)c1c(F)cccc1C#N. The quantitative estimate of drug-likeness (QED) is 0.398. The second-order valence-corrected chi connectivity index (χ2v) is 7.91. The summed E-state index contributed by atoms with van der Waals surface area (Å²) >= 11 is 0. The predicted molar refractivity (Wildman–Crippen MR) is 131 cm³/mol. The fourth-order valence-electron chi connectivity index (χ4n) is 4.26. The van der Waals surface area contributed by atoms with Crippen molar-refractivity contribution < 1.29 is 13.2 Å². The molecular weight excluding hydrogens is 501 g/mol. The lowest BCUT2D eigenvalue weighted by Crippen LogP contribution is -1.95. The first kappa shape index (κ1) is 25.7. The molecule has 1 fully saturated rings. The summed E-state index contributed by atoms with van der Waals surface area (Å²) in [6.07, 6.45) is 0. The molecule has 0 spiro atoms. The van der Waals surface area contributed by atoms with Gasteiger partial charge in [-0.05, 0) is 36.4 Å². The van der Waals surface area contributed by atoms with E-state index >= 15 is 0 Å². The maximum atomic E-state index is 15.0. The third kappa shape index (κ3) is 4.16. The van der Waals surface area contributed by atoms with Crippen molar-refractivity contribution in [1.82, 2.24) is 0 Å². The molecule has 0 atom stereocenters. The Morgan fingerprint density at radius 2 is 0.692 bits per heavy atom. The third-order valence-electron chi connectivity index (χ3n) is 5.93. The average Bonchev–Trinajstić information content (AvgIpc) is 3.66. The van der Waals surface area contributed by atoms with Gasteiger partial charge < -0.3 is 0 Å². The van der Waals surface area contributed by atoms with Gasteiger partial charge in [0.05, 0.1) is 51.6 Å². The molecule has 0 radical (unpaired) electrons. The second kappa shape index (κ2) is 10.3. The van der Waals surface area contributed by atoms with E-state index < -0.39 is 50.9 Å². The van der Waals surface area contributed by atoms with Crippen LogP contribution in [0.5, 0.6) is 0 Å². The Bertz CT molecular complexity index is 1720. The van der Waals surface area contributed by atoms with E-state index in [1.54, 1.807) is 36.4 Å². The number of nitrogens with zero attached hydrogens (tertiary/aromatic N) is 6. The van der Waals surface area contributed by atoms with E-state index in [1.165, 1.54) is 36.4 Å². The van der Waals surface area contributed by atoms with Crippen LogP contribution in [0.4, 0.5) is 13.2 Å². The lowest BCUT2D eigenvalue weighted by Gasteiger charge is -2.04. The molecule has 180 valence electrons. The smallest absolute Gasteiger partial charge is 0.133 e. The largest absolute Gasteiger partial charge is 0.206 e. The van der Waals surface area contributed by atoms with Crippen molar-refractivity contribution in [1.29, 1.82) is 31.6 Å². The van der Waals surface area contributed by atoms with Crippen LogP contribution < -0.4 is 0 Å². The van der Waals surface area contributed by atoms with Crippen molar-refractivity contribution in [3.8, 4) is 36.4 Å². The first-order valence-electron chi connectivity index (χ1n) is 10.9. The Morgan fingerprint density at radius 1 is 0.436 bits per heavy atom. The molecule has 0 unspecified atom stereocenters. The molecule has 3 aromatic carbocycles. The minimum absolute atomic E-state index is 0.216. The Kier molecular flexibility index (Phi) is 6.79. The molecule has 3 aromatic rings. The van der Waals surface area contributed by atoms with E-state index in [1.807, 2.05) is 0 Å². The highest BCUT2D eigenvalue weighted by molar-refractivity contribution is 6.13. The summed E-state index contributed by atoms with van der Waals surface area (Å²) < 4.78 is 45.0. The molecule has 0 heterocycles. The zero-order valence-electron chi connectivity index (χ0n) is 19.5. The number of allylic oxidation sites excluding steroid dienone is 6. The van der Waals surface area contributed by atoms with Crippen molar-refractivity contribution in [2.75, 3.05) is 0 Å². The van der Waals surface area contributed by atoms with Gasteiger partial charge in [-0.1, -0.05) is 18.2 Å². The van der Waals surface area contributed by atoms with Crippen molar-refractivity contribution in [2.45, 2.75) is 0 Å². The number of benzene rings is 3. The monoisotopic (exact) mass is 510 g/mol. The van der Waals surface area contributed by atoms with Crippen LogP contribution in [0, 0.1) is 85.4 Å². The zero-order chi connectivity index (χ0) is 28.3. The van der Waals surface area contributed by atoms with Crippen LogP contribution in [0.3, 0.4) is 0 Å². The molecular formula is C30H9F3N6. The number of hydrogen-bond donors (Lipinski definition) is 0. The molecule has 0 bridgehead atoms. The highest BCUT2D eigenvalue weighted by atomic mass is 19.1. The van der Waals surface area contributed by atoms with Crippen molar-refractivity contribution in [3.05, 3.63) is 122 Å². The van der Waals surface area contributed by atoms with Gasteiger partial charge in [-0.2, -0.15) is 31.6 Å². The maximum absolute atomic E-state index is 15.0. The standard InChI is InChI=1S/C30H9F3N6/c31-22-7-1-4-16(10-34)25(22)19(13-37)28-29(20(14-38)26-17(11-35)5-2-8-23(26)32)30(28)21(15-39)27-18(12-36)6-3-9-24(27)33/h1-9H. The number of hydrogen-bond acceptors (Lipinski definition) is 6. The fourth-order valence-corrected chi connectivity index (χ4v) is 4.26. The minimum Gasteiger partial charge on any atom is -0.206 e. The highest BCUT2D eigenvalue weighted by Gasteiger charge is 2.43. The van der Waals surface area contributed by atoms with Crippen molar-refractivity contribution in [2.24, 2.45) is 0 Å². The van der Waals surface area contributed by atoms with Crippen LogP contribution in [0.15, 0.2) is 71.3 Å². The van der Waals surface area contributed by atoms with Crippen LogP contribution >= 0.6 is 0 Å². The Hall–Kier alpha value is -6.39. The van der Waals surface area contributed by atoms with Crippen molar-refractivity contribution >= 4 is 16.7 Å². The summed E-state index contributed by atoms with van der Waals surface area (Å²) in [4.78, 5) is 0. The summed E-state index contributed by atoms with van der Waals surface area (Å²) in [5.41, 5.74) is -4.12. The average molecular weight is 510 g/mol. The van der Waals surface area contributed by atoms with Gasteiger partial charge >= 0.3 is 0 Å². The van der Waals surface area contributed by atoms with E-state index in [-0.39, 0.29) is 33.4 Å². The first-order valence-corrected chi connectivity index (χ1v) is 10.9. The van der Waals surface area contributed by atoms with Crippen LogP contribution in [0.25, 0.3) is 16.7 Å². The van der Waals surface area contributed by atoms with Crippen molar-refractivity contribution in [3.63, 3.8) is 0 Å². The number of nitriles is 6. The molecule has 6 nitrogen and oxygen atoms in total. The Labute approximate surface area is 220 Å². The first-order chi connectivity index (χ1) is 18.9. The summed E-state index contributed by atoms with van der Waals surface area (Å²) in [5.74, 6) is -2.89. The summed E-state index contributed by atoms with van der Waals surface area (Å²) in [6, 6.07) is 21.1. The topological polar surface area (TPSA) is 143 Å². The molecule has 1 saturated carbocycles. The molecule has 1 aliphatic carbocycles. The normalized spacial score (nSPS) is 11.2. The van der Waals surface area contributed by atoms with Crippen LogP contribution in [0.1, 0.15) is 33.4 Å². The van der Waals surface area contributed by atoms with Gasteiger partial charge in [-0.25, -0.2) is 13.2 Å². The van der Waals surface area contributed by atoms with Gasteiger partial charge in [0.25, 0.3) is 0 Å². The molecule has 0 aromatic heterocycles. The maximum Gasteiger partial charge on any atom is 0.133 e. The molecule has 0 aliphatic heterocycles. The van der Waals surface area contributed by atoms with Gasteiger partial charge in [-0.15, -0.1) is 0 Å². The molecule has 39 heavy (non-hydrogen) atoms. The lowest BCUT2D eigenvalue weighted by atomic mass is 9.97. The van der Waals surface area contributed by atoms with E-state index in [4.69, 9.17) is 0 Å². The predicted octanol–water partition coefficient (Wildman–Crippen LogP) is 5.96. The minimum atomic E-state index is -0.965. The number of halogens is 3. The highest BCUT2D eigenvalue weighted by Crippen LogP contribution is 2.57. The molecule has 0 saturated heterocycles. The van der Waals surface area contributed by atoms with E-state index in [2.05, 4.69) is 0 Å². The number of rotatable bonds is 3. The summed E-state index contributed by atoms with van der Waals surface area (Å²) in [5, 5.41) is 58.9. The third-order valence-corrected chi connectivity index (χ3v) is 5.93. The van der Waals surface area contributed by atoms with Crippen LogP contribution in [-0.4, -0.2) is 0 Å². The van der Waals surface area contributed by atoms with E-state index in [0.717, 1.165) is 18.2 Å². The Balaban J connectivity index is 2.28.